The van der Waals surface area contributed by atoms with E-state index in [2.05, 4.69) is 36.6 Å². The van der Waals surface area contributed by atoms with Gasteiger partial charge in [0, 0.05) is 17.6 Å². The number of anilines is 2. The highest BCUT2D eigenvalue weighted by Crippen LogP contribution is 2.25. The number of nitrogens with two attached hydrogens (primary N) is 1. The summed E-state index contributed by atoms with van der Waals surface area (Å²) in [5.74, 6) is 0.552. The van der Waals surface area contributed by atoms with Crippen LogP contribution in [0.3, 0.4) is 0 Å². The summed E-state index contributed by atoms with van der Waals surface area (Å²) in [4.78, 5) is 12.4. The molecular formula is C29H35N3O2. The fraction of sp³-hybridized carbons (Fsp3) is 0.276. The lowest BCUT2D eigenvalue weighted by Gasteiger charge is -2.18. The van der Waals surface area contributed by atoms with E-state index >= 15 is 0 Å². The van der Waals surface area contributed by atoms with Crippen molar-refractivity contribution in [3.05, 3.63) is 90.8 Å². The van der Waals surface area contributed by atoms with Crippen LogP contribution in [0.2, 0.25) is 0 Å². The smallest absolute Gasteiger partial charge is 0.273 e. The molecule has 3 aromatic rings. The van der Waals surface area contributed by atoms with E-state index in [0.717, 1.165) is 41.8 Å². The minimum absolute atomic E-state index is 0.101. The maximum atomic E-state index is 12.4. The zero-order valence-corrected chi connectivity index (χ0v) is 20.1. The summed E-state index contributed by atoms with van der Waals surface area (Å²) in [6, 6.07) is 25.5. The summed E-state index contributed by atoms with van der Waals surface area (Å²) in [6.45, 7) is 4.41. The highest BCUT2D eigenvalue weighted by Gasteiger charge is 2.10. The van der Waals surface area contributed by atoms with Crippen LogP contribution in [0.1, 0.15) is 46.0 Å². The Hall–Kier alpha value is -3.73. The molecular weight excluding hydrogens is 422 g/mol. The maximum Gasteiger partial charge on any atom is 0.273 e. The fourth-order valence-electron chi connectivity index (χ4n) is 3.64. The lowest BCUT2D eigenvalue weighted by atomic mass is 10.0. The van der Waals surface area contributed by atoms with Gasteiger partial charge in [-0.2, -0.15) is 0 Å². The molecule has 178 valence electrons. The van der Waals surface area contributed by atoms with Gasteiger partial charge < -0.3 is 21.1 Å². The summed E-state index contributed by atoms with van der Waals surface area (Å²) >= 11 is 0. The van der Waals surface area contributed by atoms with Crippen molar-refractivity contribution in [3.8, 4) is 16.9 Å². The van der Waals surface area contributed by atoms with Gasteiger partial charge in [-0.05, 0) is 60.4 Å². The SMILES string of the molecule is CCCCC(CCC)Oc1ccc(-c2ccc(NC(=O)/C(N)=C/Nc3ccccc3)cc2)cc1. The van der Waals surface area contributed by atoms with Crippen molar-refractivity contribution >= 4 is 17.3 Å². The summed E-state index contributed by atoms with van der Waals surface area (Å²) in [5.41, 5.74) is 9.71. The van der Waals surface area contributed by atoms with Gasteiger partial charge in [0.1, 0.15) is 11.4 Å². The first-order valence-corrected chi connectivity index (χ1v) is 12.0. The number of hydrogen-bond donors (Lipinski definition) is 3. The predicted octanol–water partition coefficient (Wildman–Crippen LogP) is 6.94. The number of hydrogen-bond acceptors (Lipinski definition) is 4. The molecule has 0 aliphatic rings. The molecule has 3 aromatic carbocycles. The first kappa shape index (κ1) is 24.9. The molecule has 0 spiro atoms. The third-order valence-electron chi connectivity index (χ3n) is 5.55. The molecule has 1 unspecified atom stereocenters. The number of rotatable bonds is 12. The van der Waals surface area contributed by atoms with Crippen molar-refractivity contribution in [2.75, 3.05) is 10.6 Å². The Morgan fingerprint density at radius 1 is 0.853 bits per heavy atom. The zero-order valence-electron chi connectivity index (χ0n) is 20.1. The Morgan fingerprint density at radius 2 is 1.50 bits per heavy atom. The van der Waals surface area contributed by atoms with Crippen molar-refractivity contribution < 1.29 is 9.53 Å². The largest absolute Gasteiger partial charge is 0.490 e. The second-order valence-corrected chi connectivity index (χ2v) is 8.34. The van der Waals surface area contributed by atoms with Crippen molar-refractivity contribution in [3.63, 3.8) is 0 Å². The lowest BCUT2D eigenvalue weighted by molar-refractivity contribution is -0.112. The minimum Gasteiger partial charge on any atom is -0.490 e. The predicted molar refractivity (Wildman–Crippen MR) is 142 cm³/mol. The summed E-state index contributed by atoms with van der Waals surface area (Å²) in [5, 5.41) is 5.84. The molecule has 1 atom stereocenters. The van der Waals surface area contributed by atoms with E-state index < -0.39 is 0 Å². The van der Waals surface area contributed by atoms with E-state index in [-0.39, 0.29) is 17.7 Å². The van der Waals surface area contributed by atoms with Crippen molar-refractivity contribution in [2.45, 2.75) is 52.1 Å². The molecule has 0 saturated heterocycles. The quantitative estimate of drug-likeness (QED) is 0.257. The lowest BCUT2D eigenvalue weighted by Crippen LogP contribution is -2.21. The number of unbranched alkanes of at least 4 members (excludes halogenated alkanes) is 1. The number of amides is 1. The van der Waals surface area contributed by atoms with Gasteiger partial charge in [0.15, 0.2) is 0 Å². The minimum atomic E-state index is -0.359. The average Bonchev–Trinajstić information content (AvgIpc) is 2.87. The molecule has 0 aliphatic heterocycles. The monoisotopic (exact) mass is 457 g/mol. The molecule has 0 bridgehead atoms. The van der Waals surface area contributed by atoms with Crippen LogP contribution in [-0.4, -0.2) is 12.0 Å². The number of carbonyl (C=O) groups excluding carboxylic acids is 1. The van der Waals surface area contributed by atoms with Crippen LogP contribution in [0, 0.1) is 0 Å². The van der Waals surface area contributed by atoms with Crippen molar-refractivity contribution in [1.82, 2.24) is 0 Å². The van der Waals surface area contributed by atoms with E-state index in [1.807, 2.05) is 66.7 Å². The van der Waals surface area contributed by atoms with Gasteiger partial charge in [0.05, 0.1) is 6.10 Å². The van der Waals surface area contributed by atoms with Gasteiger partial charge >= 0.3 is 0 Å². The molecule has 34 heavy (non-hydrogen) atoms. The summed E-state index contributed by atoms with van der Waals surface area (Å²) < 4.78 is 6.21. The Labute approximate surface area is 203 Å². The van der Waals surface area contributed by atoms with Crippen molar-refractivity contribution in [1.29, 1.82) is 0 Å². The highest BCUT2D eigenvalue weighted by atomic mass is 16.5. The van der Waals surface area contributed by atoms with E-state index in [4.69, 9.17) is 10.5 Å². The van der Waals surface area contributed by atoms with E-state index in [1.54, 1.807) is 0 Å². The third-order valence-corrected chi connectivity index (χ3v) is 5.55. The molecule has 3 rings (SSSR count). The molecule has 0 fully saturated rings. The molecule has 0 radical (unpaired) electrons. The standard InChI is InChI=1S/C29H35N3O2/c1-3-5-12-26(9-4-2)34-27-19-15-23(16-20-27)22-13-17-25(18-14-22)32-29(33)28(30)21-31-24-10-7-6-8-11-24/h6-8,10-11,13-21,26,31H,3-5,9,12,30H2,1-2H3,(H,32,33)/b28-21-. The Morgan fingerprint density at radius 3 is 2.12 bits per heavy atom. The number of para-hydroxylation sites is 1. The van der Waals surface area contributed by atoms with Crippen LogP contribution < -0.4 is 21.1 Å². The van der Waals surface area contributed by atoms with Gasteiger partial charge in [-0.15, -0.1) is 0 Å². The number of carbonyl (C=O) groups is 1. The normalized spacial score (nSPS) is 12.1. The number of benzene rings is 3. The van der Waals surface area contributed by atoms with Crippen LogP contribution in [-0.2, 0) is 4.79 Å². The van der Waals surface area contributed by atoms with E-state index in [0.29, 0.717) is 5.69 Å². The number of nitrogens with one attached hydrogen (secondary N) is 2. The summed E-state index contributed by atoms with van der Waals surface area (Å²) in [7, 11) is 0. The number of ether oxygens (including phenoxy) is 1. The topological polar surface area (TPSA) is 76.4 Å². The maximum absolute atomic E-state index is 12.4. The Bertz CT molecular complexity index is 1040. The first-order chi connectivity index (χ1) is 16.6. The first-order valence-electron chi connectivity index (χ1n) is 12.0. The highest BCUT2D eigenvalue weighted by molar-refractivity contribution is 6.03. The molecule has 0 heterocycles. The molecule has 5 heteroatoms. The molecule has 0 aliphatic carbocycles. The van der Waals surface area contributed by atoms with Crippen LogP contribution in [0.4, 0.5) is 11.4 Å². The Kier molecular flexibility index (Phi) is 9.59. The van der Waals surface area contributed by atoms with Gasteiger partial charge in [-0.25, -0.2) is 0 Å². The van der Waals surface area contributed by atoms with Gasteiger partial charge in [-0.1, -0.05) is 75.6 Å². The zero-order chi connectivity index (χ0) is 24.2. The third kappa shape index (κ3) is 7.69. The molecule has 5 nitrogen and oxygen atoms in total. The van der Waals surface area contributed by atoms with E-state index in [9.17, 15) is 4.79 Å². The molecule has 0 saturated carbocycles. The van der Waals surface area contributed by atoms with Crippen LogP contribution in [0.15, 0.2) is 90.8 Å². The van der Waals surface area contributed by atoms with Crippen LogP contribution >= 0.6 is 0 Å². The van der Waals surface area contributed by atoms with E-state index in [1.165, 1.54) is 19.0 Å². The second kappa shape index (κ2) is 13.1. The van der Waals surface area contributed by atoms with Gasteiger partial charge in [-0.3, -0.25) is 4.79 Å². The molecule has 4 N–H and O–H groups in total. The fourth-order valence-corrected chi connectivity index (χ4v) is 3.64. The molecule has 0 aromatic heterocycles. The van der Waals surface area contributed by atoms with Gasteiger partial charge in [0.2, 0.25) is 0 Å². The summed E-state index contributed by atoms with van der Waals surface area (Å²) in [6.07, 6.45) is 7.46. The Balaban J connectivity index is 1.56. The average molecular weight is 458 g/mol. The van der Waals surface area contributed by atoms with Gasteiger partial charge in [0.25, 0.3) is 5.91 Å². The van der Waals surface area contributed by atoms with Crippen LogP contribution in [0.25, 0.3) is 11.1 Å². The molecule has 1 amide bonds. The van der Waals surface area contributed by atoms with Crippen molar-refractivity contribution in [2.24, 2.45) is 5.73 Å². The van der Waals surface area contributed by atoms with Crippen LogP contribution in [0.5, 0.6) is 5.75 Å². The second-order valence-electron chi connectivity index (χ2n) is 8.34.